The van der Waals surface area contributed by atoms with Gasteiger partial charge in [-0.1, -0.05) is 95.2 Å². The summed E-state index contributed by atoms with van der Waals surface area (Å²) in [5.41, 5.74) is 0. The highest BCUT2D eigenvalue weighted by atomic mass is 32.2. The number of rotatable bonds is 22. The maximum Gasteiger partial charge on any atom is 0.267 e. The molecule has 0 fully saturated rings. The van der Waals surface area contributed by atoms with Gasteiger partial charge in [-0.25, -0.2) is 0 Å². The molecule has 2 atom stereocenters. The molecule has 0 spiro atoms. The minimum Gasteiger partial charge on any atom is -0.387 e. The van der Waals surface area contributed by atoms with Crippen LogP contribution in [0.4, 0.5) is 0 Å². The quantitative estimate of drug-likeness (QED) is 0.0924. The summed E-state index contributed by atoms with van der Waals surface area (Å²) in [6.45, 7) is 4.31. The van der Waals surface area contributed by atoms with Crippen LogP contribution in [-0.4, -0.2) is 41.9 Å². The molecule has 0 aliphatic carbocycles. The van der Waals surface area contributed by atoms with Crippen molar-refractivity contribution < 1.29 is 22.9 Å². The third-order valence-electron chi connectivity index (χ3n) is 5.54. The van der Waals surface area contributed by atoms with Crippen LogP contribution in [0.2, 0.25) is 0 Å². The summed E-state index contributed by atoms with van der Waals surface area (Å²) in [4.78, 5) is 12.3. The molecular weight excluding hydrogens is 450 g/mol. The second-order valence-corrected chi connectivity index (χ2v) is 10.5. The Bertz CT molecular complexity index is 685. The maximum atomic E-state index is 12.3. The van der Waals surface area contributed by atoms with Crippen molar-refractivity contribution in [3.8, 4) is 0 Å². The molecule has 34 heavy (non-hydrogen) atoms. The van der Waals surface area contributed by atoms with E-state index in [9.17, 15) is 22.9 Å². The van der Waals surface area contributed by atoms with E-state index in [1.165, 1.54) is 12.5 Å². The molecule has 0 aromatic carbocycles. The predicted molar refractivity (Wildman–Crippen MR) is 142 cm³/mol. The fourth-order valence-electron chi connectivity index (χ4n) is 3.54. The summed E-state index contributed by atoms with van der Waals surface area (Å²) in [5, 5.41) is 12.9. The van der Waals surface area contributed by atoms with Crippen LogP contribution in [0.15, 0.2) is 36.5 Å². The fraction of sp³-hybridized carbons (Fsp3) is 0.741. The molecule has 1 amide bonds. The van der Waals surface area contributed by atoms with Crippen LogP contribution in [0.25, 0.3) is 0 Å². The van der Waals surface area contributed by atoms with Crippen LogP contribution in [0.1, 0.15) is 110 Å². The standard InChI is InChI=1S/C27H49NO5S/c1-3-5-7-9-11-12-13-14-15-16-17-19-21-23-27(30)28-25(24-34(31,32)33)26(29)22-20-18-10-8-6-4-2/h7,9,12-13,20,22,25-26,29H,3-6,8,10-11,14-19,21,23-24H2,1-2H3,(H,28,30)(H,31,32,33)/b9-7-,13-12-,22-20+. The second-order valence-electron chi connectivity index (χ2n) is 8.96. The van der Waals surface area contributed by atoms with Crippen molar-refractivity contribution in [2.75, 3.05) is 5.75 Å². The lowest BCUT2D eigenvalue weighted by molar-refractivity contribution is -0.122. The molecule has 0 aromatic heterocycles. The fourth-order valence-corrected chi connectivity index (χ4v) is 4.28. The molecule has 0 saturated heterocycles. The van der Waals surface area contributed by atoms with Crippen molar-refractivity contribution >= 4 is 16.0 Å². The molecule has 0 aliphatic rings. The Kier molecular flexibility index (Phi) is 21.1. The maximum absolute atomic E-state index is 12.3. The van der Waals surface area contributed by atoms with E-state index in [1.807, 2.05) is 6.08 Å². The number of carbonyl (C=O) groups excluding carboxylic acids is 1. The first-order valence-corrected chi connectivity index (χ1v) is 14.8. The number of allylic oxidation sites excluding steroid dienone is 5. The van der Waals surface area contributed by atoms with Gasteiger partial charge in [-0.2, -0.15) is 8.42 Å². The summed E-state index contributed by atoms with van der Waals surface area (Å²) in [6, 6.07) is -1.06. The van der Waals surface area contributed by atoms with Crippen molar-refractivity contribution in [3.63, 3.8) is 0 Å². The molecule has 0 heterocycles. The molecule has 2 unspecified atom stereocenters. The Morgan fingerprint density at radius 2 is 1.38 bits per heavy atom. The second kappa shape index (κ2) is 22.1. The van der Waals surface area contributed by atoms with Gasteiger partial charge >= 0.3 is 0 Å². The van der Waals surface area contributed by atoms with E-state index in [4.69, 9.17) is 0 Å². The largest absolute Gasteiger partial charge is 0.387 e. The van der Waals surface area contributed by atoms with Gasteiger partial charge in [0.15, 0.2) is 0 Å². The Morgan fingerprint density at radius 3 is 2.03 bits per heavy atom. The summed E-state index contributed by atoms with van der Waals surface area (Å²) in [7, 11) is -4.32. The van der Waals surface area contributed by atoms with Gasteiger partial charge in [-0.15, -0.1) is 0 Å². The number of carbonyl (C=O) groups is 1. The van der Waals surface area contributed by atoms with Crippen molar-refractivity contribution in [1.29, 1.82) is 0 Å². The summed E-state index contributed by atoms with van der Waals surface area (Å²) < 4.78 is 31.8. The molecule has 0 saturated carbocycles. The smallest absolute Gasteiger partial charge is 0.267 e. The van der Waals surface area contributed by atoms with Gasteiger partial charge in [0.2, 0.25) is 5.91 Å². The first-order valence-electron chi connectivity index (χ1n) is 13.2. The molecule has 0 rings (SSSR count). The average Bonchev–Trinajstić information content (AvgIpc) is 2.77. The van der Waals surface area contributed by atoms with E-state index < -0.39 is 28.0 Å². The van der Waals surface area contributed by atoms with Crippen molar-refractivity contribution in [2.45, 2.75) is 122 Å². The zero-order valence-corrected chi connectivity index (χ0v) is 22.3. The van der Waals surface area contributed by atoms with E-state index in [2.05, 4.69) is 43.5 Å². The predicted octanol–water partition coefficient (Wildman–Crippen LogP) is 6.28. The number of hydrogen-bond donors (Lipinski definition) is 3. The Morgan fingerprint density at radius 1 is 0.794 bits per heavy atom. The first-order chi connectivity index (χ1) is 16.3. The zero-order valence-electron chi connectivity index (χ0n) is 21.5. The molecular formula is C27H49NO5S. The van der Waals surface area contributed by atoms with Crippen molar-refractivity contribution in [1.82, 2.24) is 5.32 Å². The van der Waals surface area contributed by atoms with Crippen LogP contribution < -0.4 is 5.32 Å². The number of amides is 1. The lowest BCUT2D eigenvalue weighted by atomic mass is 10.1. The average molecular weight is 500 g/mol. The first kappa shape index (κ1) is 32.6. The SMILES string of the molecule is CCC/C=C\C/C=C\CCCCCCCC(=O)NC(CS(=O)(=O)O)C(O)/C=C/CCCCCC. The highest BCUT2D eigenvalue weighted by Gasteiger charge is 2.24. The van der Waals surface area contributed by atoms with Gasteiger partial charge in [0.25, 0.3) is 10.1 Å². The third kappa shape index (κ3) is 22.4. The lowest BCUT2D eigenvalue weighted by Crippen LogP contribution is -2.46. The van der Waals surface area contributed by atoms with E-state index in [1.54, 1.807) is 0 Å². The Hall–Kier alpha value is -1.44. The van der Waals surface area contributed by atoms with Gasteiger partial charge in [-0.05, 0) is 44.9 Å². The third-order valence-corrected chi connectivity index (χ3v) is 6.32. The molecule has 0 aliphatic heterocycles. The molecule has 0 bridgehead atoms. The molecule has 0 aromatic rings. The van der Waals surface area contributed by atoms with Gasteiger partial charge in [-0.3, -0.25) is 9.35 Å². The number of unbranched alkanes of at least 4 members (excludes halogenated alkanes) is 10. The van der Waals surface area contributed by atoms with E-state index in [0.29, 0.717) is 6.42 Å². The minimum atomic E-state index is -4.32. The summed E-state index contributed by atoms with van der Waals surface area (Å²) >= 11 is 0. The lowest BCUT2D eigenvalue weighted by Gasteiger charge is -2.21. The number of hydrogen-bond acceptors (Lipinski definition) is 4. The topological polar surface area (TPSA) is 104 Å². The van der Waals surface area contributed by atoms with E-state index in [0.717, 1.165) is 77.0 Å². The van der Waals surface area contributed by atoms with Crippen molar-refractivity contribution in [2.24, 2.45) is 0 Å². The van der Waals surface area contributed by atoms with Crippen LogP contribution in [0, 0.1) is 0 Å². The molecule has 7 heteroatoms. The van der Waals surface area contributed by atoms with Gasteiger partial charge in [0, 0.05) is 6.42 Å². The number of aliphatic hydroxyl groups excluding tert-OH is 1. The Balaban J connectivity index is 4.14. The van der Waals surface area contributed by atoms with Gasteiger partial charge in [0.05, 0.1) is 17.9 Å². The zero-order chi connectivity index (χ0) is 25.5. The monoisotopic (exact) mass is 499 g/mol. The van der Waals surface area contributed by atoms with Crippen molar-refractivity contribution in [3.05, 3.63) is 36.5 Å². The highest BCUT2D eigenvalue weighted by Crippen LogP contribution is 2.09. The molecule has 6 nitrogen and oxygen atoms in total. The summed E-state index contributed by atoms with van der Waals surface area (Å²) in [5.74, 6) is -1.01. The minimum absolute atomic E-state index is 0.277. The van der Waals surface area contributed by atoms with Crippen LogP contribution in [0.3, 0.4) is 0 Å². The summed E-state index contributed by atoms with van der Waals surface area (Å²) in [6.07, 6.45) is 25.8. The van der Waals surface area contributed by atoms with E-state index in [-0.39, 0.29) is 12.3 Å². The van der Waals surface area contributed by atoms with Gasteiger partial charge < -0.3 is 10.4 Å². The highest BCUT2D eigenvalue weighted by molar-refractivity contribution is 7.85. The number of aliphatic hydroxyl groups is 1. The van der Waals surface area contributed by atoms with E-state index >= 15 is 0 Å². The van der Waals surface area contributed by atoms with Gasteiger partial charge in [0.1, 0.15) is 0 Å². The molecule has 0 radical (unpaired) electrons. The normalized spacial score (nSPS) is 14.4. The van der Waals surface area contributed by atoms with Crippen LogP contribution in [-0.2, 0) is 14.9 Å². The van der Waals surface area contributed by atoms with Crippen LogP contribution in [0.5, 0.6) is 0 Å². The Labute approximate surface area is 208 Å². The molecule has 3 N–H and O–H groups in total. The molecule has 198 valence electrons. The van der Waals surface area contributed by atoms with Crippen LogP contribution >= 0.6 is 0 Å². The number of nitrogens with one attached hydrogen (secondary N) is 1.